The summed E-state index contributed by atoms with van der Waals surface area (Å²) in [6.07, 6.45) is 0. The van der Waals surface area contributed by atoms with Crippen molar-refractivity contribution in [2.24, 2.45) is 0 Å². The van der Waals surface area contributed by atoms with Gasteiger partial charge in [-0.3, -0.25) is 20.4 Å². The van der Waals surface area contributed by atoms with E-state index in [4.69, 9.17) is 5.26 Å². The van der Waals surface area contributed by atoms with Crippen molar-refractivity contribution >= 4 is 11.8 Å². The van der Waals surface area contributed by atoms with Crippen LogP contribution in [0.2, 0.25) is 0 Å². The van der Waals surface area contributed by atoms with Crippen LogP contribution in [0.4, 0.5) is 0 Å². The number of amides is 2. The molecule has 0 spiro atoms. The van der Waals surface area contributed by atoms with Crippen LogP contribution in [0.5, 0.6) is 0 Å². The first-order valence-corrected chi connectivity index (χ1v) is 8.36. The van der Waals surface area contributed by atoms with Gasteiger partial charge in [-0.15, -0.1) is 0 Å². The zero-order valence-electron chi connectivity index (χ0n) is 15.0. The Kier molecular flexibility index (Phi) is 5.04. The van der Waals surface area contributed by atoms with E-state index >= 15 is 0 Å². The smallest absolute Gasteiger partial charge is 0.271 e. The molecular weight excluding hydrogens is 340 g/mol. The average Bonchev–Trinajstić information content (AvgIpc) is 3.00. The zero-order chi connectivity index (χ0) is 19.4. The van der Waals surface area contributed by atoms with E-state index in [9.17, 15) is 9.59 Å². The van der Waals surface area contributed by atoms with Crippen LogP contribution in [0, 0.1) is 25.2 Å². The molecule has 2 amide bonds. The summed E-state index contributed by atoms with van der Waals surface area (Å²) in [5.41, 5.74) is 8.62. The number of nitrogens with zero attached hydrogens (tertiary/aromatic N) is 2. The van der Waals surface area contributed by atoms with Crippen LogP contribution >= 0.6 is 0 Å². The summed E-state index contributed by atoms with van der Waals surface area (Å²) < 4.78 is 1.98. The van der Waals surface area contributed by atoms with Crippen molar-refractivity contribution in [1.82, 2.24) is 15.4 Å². The minimum Gasteiger partial charge on any atom is -0.318 e. The van der Waals surface area contributed by atoms with Crippen LogP contribution in [0.1, 0.15) is 37.7 Å². The zero-order valence-corrected chi connectivity index (χ0v) is 15.0. The summed E-state index contributed by atoms with van der Waals surface area (Å²) in [5.74, 6) is -0.896. The topological polar surface area (TPSA) is 86.9 Å². The first-order valence-electron chi connectivity index (χ1n) is 8.36. The second-order valence-electron chi connectivity index (χ2n) is 6.06. The summed E-state index contributed by atoms with van der Waals surface area (Å²) >= 11 is 0. The summed E-state index contributed by atoms with van der Waals surface area (Å²) in [6.45, 7) is 3.77. The second kappa shape index (κ2) is 7.58. The highest BCUT2D eigenvalue weighted by Gasteiger charge is 2.17. The van der Waals surface area contributed by atoms with Gasteiger partial charge in [-0.1, -0.05) is 24.3 Å². The highest BCUT2D eigenvalue weighted by Crippen LogP contribution is 2.20. The Hall–Kier alpha value is -3.85. The van der Waals surface area contributed by atoms with Crippen LogP contribution < -0.4 is 10.9 Å². The Balaban J connectivity index is 1.75. The highest BCUT2D eigenvalue weighted by atomic mass is 16.2. The number of aryl methyl sites for hydroxylation is 1. The van der Waals surface area contributed by atoms with Gasteiger partial charge in [0.25, 0.3) is 11.8 Å². The van der Waals surface area contributed by atoms with Gasteiger partial charge in [-0.25, -0.2) is 0 Å². The van der Waals surface area contributed by atoms with Crippen LogP contribution in [0.3, 0.4) is 0 Å². The minimum absolute atomic E-state index is 0.295. The third kappa shape index (κ3) is 3.72. The third-order valence-corrected chi connectivity index (χ3v) is 4.23. The predicted molar refractivity (Wildman–Crippen MR) is 101 cm³/mol. The number of nitriles is 1. The molecule has 3 rings (SSSR count). The third-order valence-electron chi connectivity index (χ3n) is 4.23. The maximum absolute atomic E-state index is 12.5. The molecule has 0 aliphatic carbocycles. The van der Waals surface area contributed by atoms with Gasteiger partial charge in [0.05, 0.1) is 17.2 Å². The molecule has 1 heterocycles. The van der Waals surface area contributed by atoms with Crippen molar-refractivity contribution in [3.05, 3.63) is 88.7 Å². The molecule has 0 atom stereocenters. The number of para-hydroxylation sites is 1. The van der Waals surface area contributed by atoms with E-state index in [1.807, 2.05) is 54.8 Å². The molecule has 6 nitrogen and oxygen atoms in total. The number of carbonyl (C=O) groups is 2. The van der Waals surface area contributed by atoms with Crippen molar-refractivity contribution in [1.29, 1.82) is 5.26 Å². The molecule has 0 unspecified atom stereocenters. The maximum Gasteiger partial charge on any atom is 0.271 e. The highest BCUT2D eigenvalue weighted by molar-refractivity contribution is 6.00. The molecule has 27 heavy (non-hydrogen) atoms. The molecule has 134 valence electrons. The summed E-state index contributed by atoms with van der Waals surface area (Å²) in [7, 11) is 0. The second-order valence-corrected chi connectivity index (χ2v) is 6.06. The first kappa shape index (κ1) is 18.0. The lowest BCUT2D eigenvalue weighted by Crippen LogP contribution is -2.41. The number of aromatic nitrogens is 1. The molecular formula is C21H18N4O2. The normalized spacial score (nSPS) is 10.1. The molecule has 0 bridgehead atoms. The van der Waals surface area contributed by atoms with Gasteiger partial charge in [0.2, 0.25) is 0 Å². The predicted octanol–water partition coefficient (Wildman–Crippen LogP) is 3.04. The molecule has 6 heteroatoms. The maximum atomic E-state index is 12.5. The van der Waals surface area contributed by atoms with Crippen LogP contribution in [0.25, 0.3) is 5.69 Å². The average molecular weight is 358 g/mol. The number of hydrogen-bond acceptors (Lipinski definition) is 3. The number of nitrogens with one attached hydrogen (secondary N) is 2. The number of carbonyl (C=O) groups excluding carboxylic acids is 2. The summed E-state index contributed by atoms with van der Waals surface area (Å²) in [5, 5.41) is 8.91. The van der Waals surface area contributed by atoms with Crippen LogP contribution in [0.15, 0.2) is 60.7 Å². The molecule has 0 saturated heterocycles. The van der Waals surface area contributed by atoms with E-state index in [1.54, 1.807) is 24.3 Å². The molecule has 3 aromatic rings. The van der Waals surface area contributed by atoms with Gasteiger partial charge < -0.3 is 4.57 Å². The van der Waals surface area contributed by atoms with Crippen molar-refractivity contribution in [3.63, 3.8) is 0 Å². The number of hydrazine groups is 1. The standard InChI is InChI=1S/C21H18N4O2/c1-14-11-19(15(2)25(14)18-9-4-3-5-10-18)21(27)24-23-20(26)17-8-6-7-16(12-17)13-22/h3-12H,1-2H3,(H,23,26)(H,24,27). The molecule has 2 N–H and O–H groups in total. The van der Waals surface area contributed by atoms with Crippen LogP contribution in [-0.2, 0) is 0 Å². The Morgan fingerprint density at radius 1 is 0.926 bits per heavy atom. The molecule has 1 aromatic heterocycles. The van der Waals surface area contributed by atoms with Gasteiger partial charge >= 0.3 is 0 Å². The summed E-state index contributed by atoms with van der Waals surface area (Å²) in [6, 6.07) is 19.7. The Bertz CT molecular complexity index is 1050. The lowest BCUT2D eigenvalue weighted by molar-refractivity contribution is 0.0846. The number of hydrogen-bond donors (Lipinski definition) is 2. The van der Waals surface area contributed by atoms with E-state index in [0.717, 1.165) is 17.1 Å². The van der Waals surface area contributed by atoms with E-state index in [2.05, 4.69) is 10.9 Å². The van der Waals surface area contributed by atoms with Gasteiger partial charge in [0, 0.05) is 22.6 Å². The molecule has 0 aliphatic heterocycles. The first-order chi connectivity index (χ1) is 13.0. The Morgan fingerprint density at radius 3 is 2.33 bits per heavy atom. The van der Waals surface area contributed by atoms with E-state index < -0.39 is 11.8 Å². The van der Waals surface area contributed by atoms with Crippen molar-refractivity contribution in [3.8, 4) is 11.8 Å². The van der Waals surface area contributed by atoms with E-state index in [1.165, 1.54) is 6.07 Å². The molecule has 0 radical (unpaired) electrons. The lowest BCUT2D eigenvalue weighted by Gasteiger charge is -2.10. The SMILES string of the molecule is Cc1cc(C(=O)NNC(=O)c2cccc(C#N)c2)c(C)n1-c1ccccc1. The Labute approximate surface area is 157 Å². The fourth-order valence-electron chi connectivity index (χ4n) is 2.95. The lowest BCUT2D eigenvalue weighted by atomic mass is 10.1. The van der Waals surface area contributed by atoms with E-state index in [0.29, 0.717) is 16.7 Å². The Morgan fingerprint density at radius 2 is 1.63 bits per heavy atom. The monoisotopic (exact) mass is 358 g/mol. The van der Waals surface area contributed by atoms with Gasteiger partial charge in [-0.05, 0) is 50.2 Å². The summed E-state index contributed by atoms with van der Waals surface area (Å²) in [4.78, 5) is 24.7. The van der Waals surface area contributed by atoms with Crippen molar-refractivity contribution in [2.45, 2.75) is 13.8 Å². The number of benzene rings is 2. The van der Waals surface area contributed by atoms with Gasteiger partial charge in [0.15, 0.2) is 0 Å². The molecule has 0 fully saturated rings. The molecule has 2 aromatic carbocycles. The largest absolute Gasteiger partial charge is 0.318 e. The van der Waals surface area contributed by atoms with Gasteiger partial charge in [-0.2, -0.15) is 5.26 Å². The fourth-order valence-corrected chi connectivity index (χ4v) is 2.95. The number of rotatable bonds is 3. The van der Waals surface area contributed by atoms with Crippen molar-refractivity contribution < 1.29 is 9.59 Å². The molecule has 0 aliphatic rings. The van der Waals surface area contributed by atoms with Crippen LogP contribution in [-0.4, -0.2) is 16.4 Å². The van der Waals surface area contributed by atoms with E-state index in [-0.39, 0.29) is 0 Å². The molecule has 0 saturated carbocycles. The minimum atomic E-state index is -0.489. The fraction of sp³-hybridized carbons (Fsp3) is 0.0952. The van der Waals surface area contributed by atoms with Gasteiger partial charge in [0.1, 0.15) is 0 Å². The quantitative estimate of drug-likeness (QED) is 0.706. The van der Waals surface area contributed by atoms with Crippen molar-refractivity contribution in [2.75, 3.05) is 0 Å².